The van der Waals surface area contributed by atoms with Gasteiger partial charge in [0.2, 0.25) is 0 Å². The van der Waals surface area contributed by atoms with Crippen LogP contribution >= 0.6 is 11.6 Å². The number of carbonyl (C=O) groups is 2. The Morgan fingerprint density at radius 1 is 1.14 bits per heavy atom. The first kappa shape index (κ1) is 14.9. The highest BCUT2D eigenvalue weighted by Gasteiger charge is 2.16. The predicted molar refractivity (Wildman–Crippen MR) is 81.6 cm³/mol. The van der Waals surface area contributed by atoms with Gasteiger partial charge in [0.25, 0.3) is 5.91 Å². The number of nitrogens with two attached hydrogens (primary N) is 1. The molecule has 0 fully saturated rings. The first-order valence-electron chi connectivity index (χ1n) is 6.06. The highest BCUT2D eigenvalue weighted by atomic mass is 35.5. The Labute approximate surface area is 126 Å². The molecule has 1 amide bonds. The number of carbonyl (C=O) groups excluding carboxylic acids is 2. The number of amides is 1. The molecule has 0 aliphatic heterocycles. The molecular weight excluding hydrogens is 292 g/mol. The van der Waals surface area contributed by atoms with Crippen molar-refractivity contribution in [3.63, 3.8) is 0 Å². The fourth-order valence-corrected chi connectivity index (χ4v) is 2.06. The van der Waals surface area contributed by atoms with Crippen LogP contribution in [0.2, 0.25) is 5.02 Å². The molecule has 21 heavy (non-hydrogen) atoms. The van der Waals surface area contributed by atoms with Crippen molar-refractivity contribution in [2.45, 2.75) is 0 Å². The molecule has 0 bridgehead atoms. The van der Waals surface area contributed by atoms with Crippen molar-refractivity contribution in [2.75, 3.05) is 18.2 Å². The van der Waals surface area contributed by atoms with Crippen molar-refractivity contribution in [2.24, 2.45) is 0 Å². The van der Waals surface area contributed by atoms with E-state index in [9.17, 15) is 9.59 Å². The van der Waals surface area contributed by atoms with E-state index >= 15 is 0 Å². The molecule has 108 valence electrons. The Hall–Kier alpha value is -2.53. The van der Waals surface area contributed by atoms with E-state index in [-0.39, 0.29) is 16.1 Å². The number of hydrogen-bond donors (Lipinski definition) is 2. The fraction of sp³-hybridized carbons (Fsp3) is 0.0667. The van der Waals surface area contributed by atoms with Crippen LogP contribution in [-0.2, 0) is 4.74 Å². The van der Waals surface area contributed by atoms with E-state index in [1.54, 1.807) is 30.3 Å². The van der Waals surface area contributed by atoms with Gasteiger partial charge in [0.05, 0.1) is 28.9 Å². The summed E-state index contributed by atoms with van der Waals surface area (Å²) >= 11 is 5.99. The van der Waals surface area contributed by atoms with Crippen LogP contribution in [0.15, 0.2) is 42.5 Å². The summed E-state index contributed by atoms with van der Waals surface area (Å²) in [7, 11) is 1.28. The third kappa shape index (κ3) is 3.32. The lowest BCUT2D eigenvalue weighted by Crippen LogP contribution is -2.15. The fourth-order valence-electron chi connectivity index (χ4n) is 1.79. The summed E-state index contributed by atoms with van der Waals surface area (Å²) in [4.78, 5) is 23.9. The summed E-state index contributed by atoms with van der Waals surface area (Å²) in [6.45, 7) is 0. The average molecular weight is 305 g/mol. The number of anilines is 2. The molecule has 2 aromatic carbocycles. The number of para-hydroxylation sites is 1. The Morgan fingerprint density at radius 3 is 2.52 bits per heavy atom. The van der Waals surface area contributed by atoms with Crippen LogP contribution in [-0.4, -0.2) is 19.0 Å². The van der Waals surface area contributed by atoms with E-state index in [0.717, 1.165) is 0 Å². The van der Waals surface area contributed by atoms with Crippen LogP contribution in [0.1, 0.15) is 20.7 Å². The van der Waals surface area contributed by atoms with Gasteiger partial charge in [-0.05, 0) is 30.3 Å². The van der Waals surface area contributed by atoms with Gasteiger partial charge in [-0.3, -0.25) is 4.79 Å². The smallest absolute Gasteiger partial charge is 0.339 e. The summed E-state index contributed by atoms with van der Waals surface area (Å²) < 4.78 is 4.67. The molecule has 0 aromatic heterocycles. The van der Waals surface area contributed by atoms with E-state index in [0.29, 0.717) is 11.4 Å². The maximum absolute atomic E-state index is 12.2. The maximum Gasteiger partial charge on any atom is 0.339 e. The predicted octanol–water partition coefficient (Wildman–Crippen LogP) is 2.96. The molecule has 0 saturated carbocycles. The highest BCUT2D eigenvalue weighted by Crippen LogP contribution is 2.22. The lowest BCUT2D eigenvalue weighted by Gasteiger charge is -2.10. The number of esters is 1. The van der Waals surface area contributed by atoms with E-state index in [1.165, 1.54) is 19.2 Å². The molecule has 0 unspecified atom stereocenters. The van der Waals surface area contributed by atoms with Gasteiger partial charge in [-0.2, -0.15) is 0 Å². The highest BCUT2D eigenvalue weighted by molar-refractivity contribution is 6.34. The van der Waals surface area contributed by atoms with E-state index in [4.69, 9.17) is 17.3 Å². The SMILES string of the molecule is COC(=O)c1ccccc1NC(=O)c1ccc(N)cc1Cl. The first-order chi connectivity index (χ1) is 10.0. The number of rotatable bonds is 3. The number of halogens is 1. The van der Waals surface area contributed by atoms with Crippen molar-refractivity contribution in [3.8, 4) is 0 Å². The van der Waals surface area contributed by atoms with Crippen molar-refractivity contribution in [1.82, 2.24) is 0 Å². The Kier molecular flexibility index (Phi) is 4.45. The Balaban J connectivity index is 2.30. The zero-order valence-electron chi connectivity index (χ0n) is 11.2. The number of ether oxygens (including phenoxy) is 1. The van der Waals surface area contributed by atoms with Crippen molar-refractivity contribution >= 4 is 34.9 Å². The minimum absolute atomic E-state index is 0.239. The number of nitrogen functional groups attached to an aromatic ring is 1. The lowest BCUT2D eigenvalue weighted by atomic mass is 10.1. The van der Waals surface area contributed by atoms with Crippen molar-refractivity contribution in [3.05, 3.63) is 58.6 Å². The molecule has 0 atom stereocenters. The lowest BCUT2D eigenvalue weighted by molar-refractivity contribution is 0.0602. The third-order valence-corrected chi connectivity index (χ3v) is 3.13. The Bertz CT molecular complexity index is 701. The van der Waals surface area contributed by atoms with Crippen LogP contribution < -0.4 is 11.1 Å². The summed E-state index contributed by atoms with van der Waals surface area (Å²) in [5.41, 5.74) is 6.93. The van der Waals surface area contributed by atoms with Gasteiger partial charge in [-0.1, -0.05) is 23.7 Å². The molecule has 2 aromatic rings. The molecule has 0 heterocycles. The molecule has 6 heteroatoms. The first-order valence-corrected chi connectivity index (χ1v) is 6.44. The van der Waals surface area contributed by atoms with Gasteiger partial charge in [-0.15, -0.1) is 0 Å². The van der Waals surface area contributed by atoms with Gasteiger partial charge in [0.1, 0.15) is 0 Å². The number of methoxy groups -OCH3 is 1. The largest absolute Gasteiger partial charge is 0.465 e. The molecule has 0 aliphatic rings. The van der Waals surface area contributed by atoms with Gasteiger partial charge >= 0.3 is 5.97 Å². The molecule has 0 saturated heterocycles. The van der Waals surface area contributed by atoms with Gasteiger partial charge in [0.15, 0.2) is 0 Å². The summed E-state index contributed by atoms with van der Waals surface area (Å²) in [6, 6.07) is 11.1. The molecular formula is C15H13ClN2O3. The zero-order chi connectivity index (χ0) is 15.4. The van der Waals surface area contributed by atoms with E-state index < -0.39 is 11.9 Å². The number of benzene rings is 2. The van der Waals surface area contributed by atoms with Crippen LogP contribution in [0.3, 0.4) is 0 Å². The number of nitrogens with one attached hydrogen (secondary N) is 1. The monoisotopic (exact) mass is 304 g/mol. The summed E-state index contributed by atoms with van der Waals surface area (Å²) in [5.74, 6) is -0.967. The second-order valence-electron chi connectivity index (χ2n) is 4.23. The topological polar surface area (TPSA) is 81.4 Å². The maximum atomic E-state index is 12.2. The van der Waals surface area contributed by atoms with E-state index in [2.05, 4.69) is 10.1 Å². The standard InChI is InChI=1S/C15H13ClN2O3/c1-21-15(20)11-4-2-3-5-13(11)18-14(19)10-7-6-9(17)8-12(10)16/h2-8H,17H2,1H3,(H,18,19). The summed E-state index contributed by atoms with van der Waals surface area (Å²) in [6.07, 6.45) is 0. The van der Waals surface area contributed by atoms with Crippen LogP contribution in [0.5, 0.6) is 0 Å². The Morgan fingerprint density at radius 2 is 1.86 bits per heavy atom. The zero-order valence-corrected chi connectivity index (χ0v) is 12.0. The molecule has 0 radical (unpaired) electrons. The molecule has 3 N–H and O–H groups in total. The molecule has 0 aliphatic carbocycles. The van der Waals surface area contributed by atoms with E-state index in [1.807, 2.05) is 0 Å². The second-order valence-corrected chi connectivity index (χ2v) is 4.64. The number of hydrogen-bond acceptors (Lipinski definition) is 4. The third-order valence-electron chi connectivity index (χ3n) is 2.82. The minimum atomic E-state index is -0.533. The van der Waals surface area contributed by atoms with Crippen LogP contribution in [0.4, 0.5) is 11.4 Å². The van der Waals surface area contributed by atoms with Crippen LogP contribution in [0, 0.1) is 0 Å². The van der Waals surface area contributed by atoms with Gasteiger partial charge < -0.3 is 15.8 Å². The van der Waals surface area contributed by atoms with Gasteiger partial charge in [-0.25, -0.2) is 4.79 Å². The average Bonchev–Trinajstić information content (AvgIpc) is 2.46. The minimum Gasteiger partial charge on any atom is -0.465 e. The van der Waals surface area contributed by atoms with Crippen LogP contribution in [0.25, 0.3) is 0 Å². The molecule has 5 nitrogen and oxygen atoms in total. The molecule has 0 spiro atoms. The van der Waals surface area contributed by atoms with Gasteiger partial charge in [0, 0.05) is 5.69 Å². The quantitative estimate of drug-likeness (QED) is 0.674. The normalized spacial score (nSPS) is 10.0. The van der Waals surface area contributed by atoms with Crippen molar-refractivity contribution < 1.29 is 14.3 Å². The second kappa shape index (κ2) is 6.28. The van der Waals surface area contributed by atoms with Crippen molar-refractivity contribution in [1.29, 1.82) is 0 Å². The molecule has 2 rings (SSSR count). The summed E-state index contributed by atoms with van der Waals surface area (Å²) in [5, 5.41) is 2.88.